The maximum Gasteiger partial charge on any atom is 0.350 e. The molecule has 0 saturated carbocycles. The molecule has 0 spiro atoms. The van der Waals surface area contributed by atoms with Crippen molar-refractivity contribution >= 4 is 23.9 Å². The van der Waals surface area contributed by atoms with E-state index in [-0.39, 0.29) is 48.3 Å². The van der Waals surface area contributed by atoms with Crippen LogP contribution in [0.1, 0.15) is 55.2 Å². The number of amides is 6. The Balaban J connectivity index is 0.000000145. The Morgan fingerprint density at radius 1 is 0.684 bits per heavy atom. The molecule has 6 amide bonds. The van der Waals surface area contributed by atoms with E-state index in [0.29, 0.717) is 45.9 Å². The van der Waals surface area contributed by atoms with Gasteiger partial charge in [0.15, 0.2) is 0 Å². The van der Waals surface area contributed by atoms with Crippen molar-refractivity contribution in [1.82, 2.24) is 30.7 Å². The van der Waals surface area contributed by atoms with Crippen LogP contribution in [0.15, 0.2) is 91.0 Å². The highest BCUT2D eigenvalue weighted by molar-refractivity contribution is 5.87. The number of nitrogens with one attached hydrogen (secondary N) is 2. The Labute approximate surface area is 332 Å². The minimum atomic E-state index is -0.496. The average molecular weight is 782 g/mol. The van der Waals surface area contributed by atoms with Gasteiger partial charge in [-0.2, -0.15) is 15.6 Å². The van der Waals surface area contributed by atoms with Crippen LogP contribution in [0.25, 0.3) is 4.85 Å². The molecule has 5 aliphatic heterocycles. The van der Waals surface area contributed by atoms with E-state index in [0.717, 1.165) is 48.8 Å². The van der Waals surface area contributed by atoms with Crippen molar-refractivity contribution in [2.75, 3.05) is 19.6 Å². The number of carbonyl (C=O) groups excluding carboxylic acids is 4. The minimum Gasteiger partial charge on any atom is -0.368 e. The third-order valence-corrected chi connectivity index (χ3v) is 10.6. The van der Waals surface area contributed by atoms with E-state index < -0.39 is 11.9 Å². The second-order valence-electron chi connectivity index (χ2n) is 14.6. The lowest BCUT2D eigenvalue weighted by Crippen LogP contribution is -2.52. The van der Waals surface area contributed by atoms with E-state index >= 15 is 0 Å². The van der Waals surface area contributed by atoms with E-state index in [2.05, 4.69) is 15.6 Å². The van der Waals surface area contributed by atoms with Crippen LogP contribution in [0, 0.1) is 6.57 Å². The molecule has 5 fully saturated rings. The van der Waals surface area contributed by atoms with Crippen molar-refractivity contribution in [1.29, 1.82) is 0 Å². The third-order valence-electron chi connectivity index (χ3n) is 10.6. The molecule has 8 rings (SSSR count). The van der Waals surface area contributed by atoms with Crippen molar-refractivity contribution in [2.24, 2.45) is 11.5 Å². The smallest absolute Gasteiger partial charge is 0.350 e. The van der Waals surface area contributed by atoms with Crippen LogP contribution >= 0.6 is 0 Å². The van der Waals surface area contributed by atoms with Crippen molar-refractivity contribution < 1.29 is 33.7 Å². The van der Waals surface area contributed by atoms with Crippen LogP contribution < -0.4 is 22.3 Å². The standard InChI is InChI=1S/C14H17N3O3.C14H15N3O2.C13H19N3O2/c15-13(18)12-7-6-11-8-16(12)14(19)17(11)20-9-10-4-2-1-3-5-10;1-15-13-8-7-12-9-16(13)14(18)17(12)19-10-11-5-3-2-4-6-11;14-13(17)12-7-6-11(8-15-12)16-18-9-10-4-2-1-3-5-10/h1-5,11-12H,6-9H2,(H2,15,18);2-6,12-13H,7-10H2;1-5,11-12,15-16H,6-9H2,(H2,14,17)/t11-,12+;12-,13?;11-,12+/m111/s1. The fraction of sp³-hybridized carbons (Fsp3) is 0.439. The number of hydrogen-bond acceptors (Lipinski definition) is 9. The van der Waals surface area contributed by atoms with Crippen LogP contribution in [0.2, 0.25) is 0 Å². The summed E-state index contributed by atoms with van der Waals surface area (Å²) in [5.41, 5.74) is 16.7. The van der Waals surface area contributed by atoms with E-state index in [1.807, 2.05) is 91.0 Å². The average Bonchev–Trinajstić information content (AvgIpc) is 3.63. The quantitative estimate of drug-likeness (QED) is 0.158. The number of nitrogens with two attached hydrogens (primary N) is 2. The lowest BCUT2D eigenvalue weighted by atomic mass is 10.0. The number of hydrogen-bond donors (Lipinski definition) is 4. The number of benzene rings is 3. The first kappa shape index (κ1) is 41.1. The summed E-state index contributed by atoms with van der Waals surface area (Å²) in [6, 6.07) is 28.6. The summed E-state index contributed by atoms with van der Waals surface area (Å²) in [6.07, 6.45) is 4.25. The van der Waals surface area contributed by atoms with Gasteiger partial charge >= 0.3 is 18.2 Å². The highest BCUT2D eigenvalue weighted by Crippen LogP contribution is 2.32. The molecule has 4 bridgehead atoms. The lowest BCUT2D eigenvalue weighted by molar-refractivity contribution is -0.140. The van der Waals surface area contributed by atoms with Crippen LogP contribution in [-0.2, 0) is 43.9 Å². The number of urea groups is 2. The molecule has 1 unspecified atom stereocenters. The van der Waals surface area contributed by atoms with E-state index in [1.54, 1.807) is 4.90 Å². The summed E-state index contributed by atoms with van der Waals surface area (Å²) < 4.78 is 0. The summed E-state index contributed by atoms with van der Waals surface area (Å²) in [4.78, 5) is 70.1. The molecule has 0 aromatic heterocycles. The van der Waals surface area contributed by atoms with Crippen LogP contribution in [0.3, 0.4) is 0 Å². The maximum atomic E-state index is 12.2. The Bertz CT molecular complexity index is 1830. The second-order valence-corrected chi connectivity index (χ2v) is 14.6. The van der Waals surface area contributed by atoms with Crippen LogP contribution in [-0.4, -0.2) is 99.8 Å². The number of carbonyl (C=O) groups is 4. The van der Waals surface area contributed by atoms with Gasteiger partial charge in [0, 0.05) is 25.6 Å². The summed E-state index contributed by atoms with van der Waals surface area (Å²) in [6.45, 7) is 10.2. The van der Waals surface area contributed by atoms with Gasteiger partial charge in [0.1, 0.15) is 19.3 Å². The van der Waals surface area contributed by atoms with Gasteiger partial charge in [0.05, 0.1) is 31.3 Å². The predicted molar refractivity (Wildman–Crippen MR) is 208 cm³/mol. The van der Waals surface area contributed by atoms with E-state index in [4.69, 9.17) is 32.6 Å². The first-order chi connectivity index (χ1) is 27.7. The topological polar surface area (TPSA) is 189 Å². The molecular weight excluding hydrogens is 731 g/mol. The maximum absolute atomic E-state index is 12.2. The molecule has 5 saturated heterocycles. The van der Waals surface area contributed by atoms with Gasteiger partial charge in [-0.3, -0.25) is 33.8 Å². The summed E-state index contributed by atoms with van der Waals surface area (Å²) >= 11 is 0. The predicted octanol–water partition coefficient (Wildman–Crippen LogP) is 3.45. The number of nitrogens with zero attached hydrogens (tertiary/aromatic N) is 5. The second kappa shape index (κ2) is 20.0. The Kier molecular flexibility index (Phi) is 14.4. The molecule has 302 valence electrons. The summed E-state index contributed by atoms with van der Waals surface area (Å²) in [5.74, 6) is -0.722. The van der Waals surface area contributed by atoms with Gasteiger partial charge in [-0.05, 0) is 48.8 Å². The highest BCUT2D eigenvalue weighted by Gasteiger charge is 2.49. The third kappa shape index (κ3) is 10.8. The molecule has 6 atom stereocenters. The fourth-order valence-corrected chi connectivity index (χ4v) is 7.46. The Morgan fingerprint density at radius 3 is 1.68 bits per heavy atom. The molecule has 16 nitrogen and oxygen atoms in total. The monoisotopic (exact) mass is 781 g/mol. The molecular formula is C41H51N9O7. The van der Waals surface area contributed by atoms with Crippen LogP contribution in [0.5, 0.6) is 0 Å². The van der Waals surface area contributed by atoms with Gasteiger partial charge in [-0.1, -0.05) is 91.0 Å². The molecule has 5 heterocycles. The number of piperidine rings is 3. The molecule has 3 aromatic rings. The highest BCUT2D eigenvalue weighted by atomic mass is 16.7. The number of fused-ring (bicyclic) bond motifs is 4. The van der Waals surface area contributed by atoms with E-state index in [9.17, 15) is 19.2 Å². The summed E-state index contributed by atoms with van der Waals surface area (Å²) in [5, 5.41) is 5.96. The Hall–Kier alpha value is -5.57. The van der Waals surface area contributed by atoms with Gasteiger partial charge in [0.25, 0.3) is 0 Å². The minimum absolute atomic E-state index is 0.0156. The number of hydroxylamine groups is 5. The van der Waals surface area contributed by atoms with Crippen molar-refractivity contribution in [3.05, 3.63) is 119 Å². The molecule has 16 heteroatoms. The van der Waals surface area contributed by atoms with Gasteiger partial charge < -0.3 is 21.7 Å². The largest absolute Gasteiger partial charge is 0.368 e. The lowest BCUT2D eigenvalue weighted by Gasteiger charge is -2.28. The molecule has 6 N–H and O–H groups in total. The van der Waals surface area contributed by atoms with Crippen LogP contribution in [0.4, 0.5) is 9.59 Å². The van der Waals surface area contributed by atoms with Crippen molar-refractivity contribution in [3.63, 3.8) is 0 Å². The van der Waals surface area contributed by atoms with E-state index in [1.165, 1.54) is 15.0 Å². The SMILES string of the molecule is NC(=O)[C@@H]1CC[C@@H](NOCc2ccccc2)CN1.NC(=O)[C@@H]1CC[C@@H]2CN1C(=O)N2OCc1ccccc1.[C-]#[N+]C1CC[C@@H]2CN1C(=O)N2OCc1ccccc1. The normalized spacial score (nSPS) is 24.8. The number of primary amides is 2. The zero-order valence-electron chi connectivity index (χ0n) is 31.9. The summed E-state index contributed by atoms with van der Waals surface area (Å²) in [7, 11) is 0. The van der Waals surface area contributed by atoms with Crippen molar-refractivity contribution in [2.45, 2.75) is 94.7 Å². The van der Waals surface area contributed by atoms with Crippen molar-refractivity contribution in [3.8, 4) is 0 Å². The fourth-order valence-electron chi connectivity index (χ4n) is 7.46. The zero-order valence-corrected chi connectivity index (χ0v) is 31.9. The molecule has 3 aromatic carbocycles. The molecule has 5 aliphatic rings. The van der Waals surface area contributed by atoms with Gasteiger partial charge in [-0.15, -0.1) is 0 Å². The zero-order chi connectivity index (χ0) is 40.1. The van der Waals surface area contributed by atoms with Gasteiger partial charge in [-0.25, -0.2) is 16.2 Å². The first-order valence-corrected chi connectivity index (χ1v) is 19.3. The molecule has 57 heavy (non-hydrogen) atoms. The van der Waals surface area contributed by atoms with Gasteiger partial charge in [0.2, 0.25) is 11.8 Å². The number of rotatable bonds is 12. The first-order valence-electron chi connectivity index (χ1n) is 19.3. The Morgan fingerprint density at radius 2 is 1.19 bits per heavy atom. The molecule has 0 aliphatic carbocycles. The molecule has 0 radical (unpaired) electrons.